The maximum absolute atomic E-state index is 13.1. The molecule has 2 aromatic rings. The lowest BCUT2D eigenvalue weighted by Gasteiger charge is -2.09. The van der Waals surface area contributed by atoms with Crippen LogP contribution in [0.15, 0.2) is 34.0 Å². The maximum Gasteiger partial charge on any atom is 0.328 e. The van der Waals surface area contributed by atoms with Gasteiger partial charge in [0.05, 0.1) is 16.9 Å². The monoisotopic (exact) mass is 312 g/mol. The molecule has 21 heavy (non-hydrogen) atoms. The van der Waals surface area contributed by atoms with Crippen LogP contribution in [-0.2, 0) is 11.3 Å². The third-order valence-electron chi connectivity index (χ3n) is 2.55. The molecule has 1 aromatic carbocycles. The zero-order chi connectivity index (χ0) is 15.6. The van der Waals surface area contributed by atoms with E-state index in [0.717, 1.165) is 4.57 Å². The van der Waals surface area contributed by atoms with Gasteiger partial charge in [0, 0.05) is 5.69 Å². The van der Waals surface area contributed by atoms with Crippen LogP contribution in [0.25, 0.3) is 0 Å². The fourth-order valence-electron chi connectivity index (χ4n) is 1.58. The number of rotatable bonds is 3. The summed E-state index contributed by atoms with van der Waals surface area (Å²) < 4.78 is 13.8. The molecule has 0 aliphatic carbocycles. The van der Waals surface area contributed by atoms with Crippen molar-refractivity contribution in [2.24, 2.45) is 0 Å². The highest BCUT2D eigenvalue weighted by atomic mass is 35.5. The summed E-state index contributed by atoms with van der Waals surface area (Å²) in [5, 5.41) is 2.67. The number of carbonyl (C=O) groups excluding carboxylic acids is 1. The molecule has 4 N–H and O–H groups in total. The van der Waals surface area contributed by atoms with Crippen LogP contribution in [0.1, 0.15) is 0 Å². The number of anilines is 2. The van der Waals surface area contributed by atoms with Crippen molar-refractivity contribution in [2.45, 2.75) is 6.54 Å². The molecular formula is C12H10ClFN4O3. The molecule has 1 amide bonds. The van der Waals surface area contributed by atoms with Crippen molar-refractivity contribution in [3.8, 4) is 0 Å². The Balaban J connectivity index is 2.17. The van der Waals surface area contributed by atoms with Crippen LogP contribution < -0.4 is 22.3 Å². The van der Waals surface area contributed by atoms with Crippen LogP contribution in [0.4, 0.5) is 15.8 Å². The van der Waals surface area contributed by atoms with E-state index in [4.69, 9.17) is 17.3 Å². The zero-order valence-electron chi connectivity index (χ0n) is 10.5. The van der Waals surface area contributed by atoms with E-state index in [1.807, 2.05) is 0 Å². The average molecular weight is 313 g/mol. The Bertz CT molecular complexity index is 815. The Kier molecular flexibility index (Phi) is 4.08. The number of nitrogen functional groups attached to an aromatic ring is 1. The molecule has 7 nitrogen and oxygen atoms in total. The number of hydrogen-bond acceptors (Lipinski definition) is 4. The lowest BCUT2D eigenvalue weighted by molar-refractivity contribution is -0.116. The molecule has 0 fully saturated rings. The van der Waals surface area contributed by atoms with E-state index in [-0.39, 0.29) is 5.02 Å². The van der Waals surface area contributed by atoms with Gasteiger partial charge in [-0.1, -0.05) is 11.6 Å². The molecule has 2 rings (SSSR count). The number of benzene rings is 1. The first-order chi connectivity index (χ1) is 9.86. The van der Waals surface area contributed by atoms with Crippen LogP contribution in [-0.4, -0.2) is 15.5 Å². The maximum atomic E-state index is 13.1. The van der Waals surface area contributed by atoms with Gasteiger partial charge in [0.15, 0.2) is 0 Å². The largest absolute Gasteiger partial charge is 0.399 e. The highest BCUT2D eigenvalue weighted by Gasteiger charge is 2.10. The van der Waals surface area contributed by atoms with Crippen molar-refractivity contribution in [1.29, 1.82) is 0 Å². The SMILES string of the molecule is Nc1ccc(NC(=O)Cn2cc(F)c(=O)[nH]c2=O)c(Cl)c1. The first kappa shape index (κ1) is 14.8. The van der Waals surface area contributed by atoms with Crippen molar-refractivity contribution in [1.82, 2.24) is 9.55 Å². The van der Waals surface area contributed by atoms with Crippen molar-refractivity contribution < 1.29 is 9.18 Å². The molecule has 1 heterocycles. The molecule has 0 saturated heterocycles. The minimum absolute atomic E-state index is 0.225. The number of H-pyrrole nitrogens is 1. The van der Waals surface area contributed by atoms with E-state index < -0.39 is 29.5 Å². The molecule has 0 unspecified atom stereocenters. The van der Waals surface area contributed by atoms with Crippen LogP contribution in [0.5, 0.6) is 0 Å². The van der Waals surface area contributed by atoms with E-state index in [2.05, 4.69) is 5.32 Å². The van der Waals surface area contributed by atoms with E-state index in [0.29, 0.717) is 17.6 Å². The van der Waals surface area contributed by atoms with Gasteiger partial charge in [-0.15, -0.1) is 0 Å². The highest BCUT2D eigenvalue weighted by molar-refractivity contribution is 6.34. The molecule has 0 radical (unpaired) electrons. The quantitative estimate of drug-likeness (QED) is 0.719. The lowest BCUT2D eigenvalue weighted by atomic mass is 10.3. The number of hydrogen-bond donors (Lipinski definition) is 3. The third kappa shape index (κ3) is 3.48. The lowest BCUT2D eigenvalue weighted by Crippen LogP contribution is -2.34. The minimum atomic E-state index is -1.16. The van der Waals surface area contributed by atoms with E-state index in [9.17, 15) is 18.8 Å². The van der Waals surface area contributed by atoms with Crippen LogP contribution in [0, 0.1) is 5.82 Å². The standard InChI is InChI=1S/C12H10ClFN4O3/c13-7-3-6(15)1-2-9(7)16-10(19)5-18-4-8(14)11(20)17-12(18)21/h1-4H,5,15H2,(H,16,19)(H,17,20,21). The van der Waals surface area contributed by atoms with Gasteiger partial charge in [-0.3, -0.25) is 19.1 Å². The van der Waals surface area contributed by atoms with Gasteiger partial charge in [-0.2, -0.15) is 4.39 Å². The molecule has 9 heteroatoms. The number of aromatic nitrogens is 2. The summed E-state index contributed by atoms with van der Waals surface area (Å²) in [6, 6.07) is 4.47. The molecule has 0 spiro atoms. The summed E-state index contributed by atoms with van der Waals surface area (Å²) in [6.07, 6.45) is 0.658. The number of nitrogens with two attached hydrogens (primary N) is 1. The van der Waals surface area contributed by atoms with Crippen molar-refractivity contribution in [3.05, 3.63) is 56.1 Å². The summed E-state index contributed by atoms with van der Waals surface area (Å²) in [6.45, 7) is -0.479. The summed E-state index contributed by atoms with van der Waals surface area (Å²) in [5.41, 5.74) is 4.21. The first-order valence-corrected chi connectivity index (χ1v) is 6.09. The zero-order valence-corrected chi connectivity index (χ0v) is 11.3. The Labute approximate surface area is 122 Å². The minimum Gasteiger partial charge on any atom is -0.399 e. The van der Waals surface area contributed by atoms with Crippen molar-refractivity contribution in [3.63, 3.8) is 0 Å². The molecular weight excluding hydrogens is 303 g/mol. The normalized spacial score (nSPS) is 10.4. The molecule has 0 atom stereocenters. The number of nitrogens with zero attached hydrogens (tertiary/aromatic N) is 1. The second-order valence-electron chi connectivity index (χ2n) is 4.15. The molecule has 0 bridgehead atoms. The topological polar surface area (TPSA) is 110 Å². The first-order valence-electron chi connectivity index (χ1n) is 5.71. The predicted molar refractivity (Wildman–Crippen MR) is 75.8 cm³/mol. The number of aromatic amines is 1. The van der Waals surface area contributed by atoms with E-state index in [1.165, 1.54) is 18.2 Å². The Hall–Kier alpha value is -2.61. The van der Waals surface area contributed by atoms with Gasteiger partial charge < -0.3 is 11.1 Å². The Morgan fingerprint density at radius 3 is 2.81 bits per heavy atom. The van der Waals surface area contributed by atoms with Crippen molar-refractivity contribution >= 4 is 28.9 Å². The smallest absolute Gasteiger partial charge is 0.328 e. The predicted octanol–water partition coefficient (Wildman–Crippen LogP) is 0.550. The summed E-state index contributed by atoms with van der Waals surface area (Å²) in [4.78, 5) is 35.8. The fraction of sp³-hybridized carbons (Fsp3) is 0.0833. The average Bonchev–Trinajstić information content (AvgIpc) is 2.39. The van der Waals surface area contributed by atoms with Crippen LogP contribution in [0.2, 0.25) is 5.02 Å². The van der Waals surface area contributed by atoms with Crippen LogP contribution in [0.3, 0.4) is 0 Å². The summed E-state index contributed by atoms with van der Waals surface area (Å²) >= 11 is 5.88. The van der Waals surface area contributed by atoms with Crippen LogP contribution >= 0.6 is 11.6 Å². The summed E-state index contributed by atoms with van der Waals surface area (Å²) in [5.74, 6) is -1.77. The van der Waals surface area contributed by atoms with E-state index in [1.54, 1.807) is 4.98 Å². The molecule has 1 aromatic heterocycles. The van der Waals surface area contributed by atoms with Gasteiger partial charge in [-0.05, 0) is 18.2 Å². The second-order valence-corrected chi connectivity index (χ2v) is 4.56. The third-order valence-corrected chi connectivity index (χ3v) is 2.86. The molecule has 110 valence electrons. The second kappa shape index (κ2) is 5.80. The van der Waals surface area contributed by atoms with Gasteiger partial charge in [0.1, 0.15) is 6.54 Å². The summed E-state index contributed by atoms with van der Waals surface area (Å²) in [7, 11) is 0. The van der Waals surface area contributed by atoms with Gasteiger partial charge >= 0.3 is 5.69 Å². The van der Waals surface area contributed by atoms with Gasteiger partial charge in [-0.25, -0.2) is 4.79 Å². The Morgan fingerprint density at radius 1 is 1.43 bits per heavy atom. The fourth-order valence-corrected chi connectivity index (χ4v) is 1.81. The number of nitrogens with one attached hydrogen (secondary N) is 2. The van der Waals surface area contributed by atoms with Gasteiger partial charge in [0.25, 0.3) is 5.56 Å². The molecule has 0 aliphatic heterocycles. The molecule has 0 saturated carbocycles. The number of carbonyl (C=O) groups is 1. The Morgan fingerprint density at radius 2 is 2.14 bits per heavy atom. The highest BCUT2D eigenvalue weighted by Crippen LogP contribution is 2.23. The van der Waals surface area contributed by atoms with Gasteiger partial charge in [0.2, 0.25) is 11.7 Å². The van der Waals surface area contributed by atoms with E-state index >= 15 is 0 Å². The number of amides is 1. The number of halogens is 2. The molecule has 0 aliphatic rings. The van der Waals surface area contributed by atoms with Crippen molar-refractivity contribution in [2.75, 3.05) is 11.1 Å².